The number of piperazine rings is 1. The molecule has 8 heteroatoms. The van der Waals surface area contributed by atoms with Crippen LogP contribution >= 0.6 is 0 Å². The Morgan fingerprint density at radius 1 is 1.03 bits per heavy atom. The van der Waals surface area contributed by atoms with E-state index in [1.165, 1.54) is 12.3 Å². The summed E-state index contributed by atoms with van der Waals surface area (Å²) in [5.74, 6) is -0.270. The van der Waals surface area contributed by atoms with E-state index in [2.05, 4.69) is 26.1 Å². The van der Waals surface area contributed by atoms with Crippen LogP contribution in [0.2, 0.25) is 0 Å². The molecule has 1 fully saturated rings. The number of furan rings is 1. The zero-order valence-corrected chi connectivity index (χ0v) is 19.6. The summed E-state index contributed by atoms with van der Waals surface area (Å²) in [6.07, 6.45) is 2.63. The van der Waals surface area contributed by atoms with E-state index in [-0.39, 0.29) is 29.0 Å². The average Bonchev–Trinajstić information content (AvgIpc) is 3.31. The lowest BCUT2D eigenvalue weighted by atomic mass is 9.87. The largest absolute Gasteiger partial charge is 0.465 e. The highest BCUT2D eigenvalue weighted by Crippen LogP contribution is 2.22. The molecule has 0 bridgehead atoms. The molecule has 176 valence electrons. The number of ether oxygens (including phenoxy) is 1. The Balaban J connectivity index is 1.74. The maximum Gasteiger partial charge on any atom is 0.409 e. The SMILES string of the molecule is CCOC(=O)N1CCN(C(=O)C(=Cc2ccco2)NC(=O)c2ccc(C(C)(C)C)cc2)CC1. The second kappa shape index (κ2) is 10.4. The van der Waals surface area contributed by atoms with Gasteiger partial charge in [0.25, 0.3) is 11.8 Å². The molecule has 3 amide bonds. The maximum atomic E-state index is 13.2. The number of rotatable bonds is 5. The summed E-state index contributed by atoms with van der Waals surface area (Å²) in [6, 6.07) is 10.8. The number of nitrogens with zero attached hydrogens (tertiary/aromatic N) is 2. The molecule has 1 aromatic heterocycles. The predicted octanol–water partition coefficient (Wildman–Crippen LogP) is 3.65. The number of nitrogens with one attached hydrogen (secondary N) is 1. The highest BCUT2D eigenvalue weighted by molar-refractivity contribution is 6.05. The van der Waals surface area contributed by atoms with Gasteiger partial charge in [0, 0.05) is 37.8 Å². The molecule has 0 spiro atoms. The highest BCUT2D eigenvalue weighted by Gasteiger charge is 2.28. The van der Waals surface area contributed by atoms with Crippen LogP contribution in [-0.2, 0) is 14.9 Å². The van der Waals surface area contributed by atoms with Gasteiger partial charge in [-0.05, 0) is 42.2 Å². The van der Waals surface area contributed by atoms with E-state index in [1.807, 2.05) is 12.1 Å². The lowest BCUT2D eigenvalue weighted by Crippen LogP contribution is -2.52. The topological polar surface area (TPSA) is 92.1 Å². The Labute approximate surface area is 194 Å². The van der Waals surface area contributed by atoms with Crippen LogP contribution in [-0.4, -0.2) is 60.5 Å². The Morgan fingerprint density at radius 2 is 1.67 bits per heavy atom. The quantitative estimate of drug-likeness (QED) is 0.698. The van der Waals surface area contributed by atoms with Gasteiger partial charge in [0.2, 0.25) is 0 Å². The van der Waals surface area contributed by atoms with Crippen molar-refractivity contribution in [2.75, 3.05) is 32.8 Å². The highest BCUT2D eigenvalue weighted by atomic mass is 16.6. The summed E-state index contributed by atoms with van der Waals surface area (Å²) < 4.78 is 10.4. The van der Waals surface area contributed by atoms with Gasteiger partial charge >= 0.3 is 6.09 Å². The van der Waals surface area contributed by atoms with E-state index < -0.39 is 0 Å². The van der Waals surface area contributed by atoms with Crippen LogP contribution in [0.1, 0.15) is 49.4 Å². The Hall–Kier alpha value is -3.55. The molecular weight excluding hydrogens is 422 g/mol. The first-order valence-corrected chi connectivity index (χ1v) is 11.1. The van der Waals surface area contributed by atoms with Gasteiger partial charge < -0.3 is 24.3 Å². The molecular formula is C25H31N3O5. The molecule has 33 heavy (non-hydrogen) atoms. The normalized spacial score (nSPS) is 14.7. The first kappa shape index (κ1) is 24.1. The molecule has 1 N–H and O–H groups in total. The third kappa shape index (κ3) is 6.25. The maximum absolute atomic E-state index is 13.2. The van der Waals surface area contributed by atoms with Crippen LogP contribution in [0.3, 0.4) is 0 Å². The van der Waals surface area contributed by atoms with Gasteiger partial charge in [-0.15, -0.1) is 0 Å². The third-order valence-corrected chi connectivity index (χ3v) is 5.41. The van der Waals surface area contributed by atoms with Crippen LogP contribution in [0.25, 0.3) is 6.08 Å². The number of amides is 3. The fourth-order valence-electron chi connectivity index (χ4n) is 3.46. The molecule has 8 nitrogen and oxygen atoms in total. The van der Waals surface area contributed by atoms with Crippen LogP contribution < -0.4 is 5.32 Å². The van der Waals surface area contributed by atoms with E-state index in [0.29, 0.717) is 44.1 Å². The van der Waals surface area contributed by atoms with Gasteiger partial charge in [0.1, 0.15) is 11.5 Å². The second-order valence-electron chi connectivity index (χ2n) is 8.83. The smallest absolute Gasteiger partial charge is 0.409 e. The van der Waals surface area contributed by atoms with Crippen molar-refractivity contribution in [2.45, 2.75) is 33.1 Å². The van der Waals surface area contributed by atoms with Gasteiger partial charge in [-0.25, -0.2) is 4.79 Å². The Morgan fingerprint density at radius 3 is 2.21 bits per heavy atom. The van der Waals surface area contributed by atoms with Crippen molar-refractivity contribution < 1.29 is 23.5 Å². The minimum atomic E-state index is -0.386. The number of carbonyl (C=O) groups is 3. The number of carbonyl (C=O) groups excluding carboxylic acids is 3. The molecule has 1 aromatic carbocycles. The molecule has 0 unspecified atom stereocenters. The summed E-state index contributed by atoms with van der Waals surface area (Å²) >= 11 is 0. The van der Waals surface area contributed by atoms with Gasteiger partial charge in [-0.2, -0.15) is 0 Å². The van der Waals surface area contributed by atoms with Crippen LogP contribution in [0.4, 0.5) is 4.79 Å². The molecule has 0 radical (unpaired) electrons. The lowest BCUT2D eigenvalue weighted by Gasteiger charge is -2.34. The van der Waals surface area contributed by atoms with Crippen LogP contribution in [0, 0.1) is 0 Å². The molecule has 1 aliphatic heterocycles. The minimum absolute atomic E-state index is 0.0268. The summed E-state index contributed by atoms with van der Waals surface area (Å²) in [5, 5.41) is 2.75. The van der Waals surface area contributed by atoms with Crippen LogP contribution in [0.5, 0.6) is 0 Å². The number of hydrogen-bond acceptors (Lipinski definition) is 5. The van der Waals surface area contributed by atoms with Crippen molar-refractivity contribution in [3.05, 3.63) is 65.2 Å². The van der Waals surface area contributed by atoms with E-state index in [0.717, 1.165) is 5.56 Å². The van der Waals surface area contributed by atoms with Gasteiger partial charge in [0.05, 0.1) is 12.9 Å². The van der Waals surface area contributed by atoms with E-state index in [1.54, 1.807) is 41.0 Å². The predicted molar refractivity (Wildman–Crippen MR) is 124 cm³/mol. The van der Waals surface area contributed by atoms with Crippen molar-refractivity contribution in [1.29, 1.82) is 0 Å². The molecule has 1 saturated heterocycles. The molecule has 1 aliphatic rings. The fraction of sp³-hybridized carbons (Fsp3) is 0.400. The van der Waals surface area contributed by atoms with Crippen molar-refractivity contribution in [3.8, 4) is 0 Å². The van der Waals surface area contributed by atoms with Crippen molar-refractivity contribution in [1.82, 2.24) is 15.1 Å². The molecule has 0 aliphatic carbocycles. The minimum Gasteiger partial charge on any atom is -0.465 e. The third-order valence-electron chi connectivity index (χ3n) is 5.41. The summed E-state index contributed by atoms with van der Waals surface area (Å²) in [7, 11) is 0. The van der Waals surface area contributed by atoms with E-state index in [9.17, 15) is 14.4 Å². The fourth-order valence-corrected chi connectivity index (χ4v) is 3.46. The summed E-state index contributed by atoms with van der Waals surface area (Å²) in [5.41, 5.74) is 1.65. The monoisotopic (exact) mass is 453 g/mol. The van der Waals surface area contributed by atoms with Crippen molar-refractivity contribution in [2.24, 2.45) is 0 Å². The number of benzene rings is 1. The van der Waals surface area contributed by atoms with Gasteiger partial charge in [0.15, 0.2) is 0 Å². The first-order valence-electron chi connectivity index (χ1n) is 11.1. The summed E-state index contributed by atoms with van der Waals surface area (Å²) in [4.78, 5) is 41.3. The molecule has 0 saturated carbocycles. The first-order chi connectivity index (χ1) is 15.7. The second-order valence-corrected chi connectivity index (χ2v) is 8.83. The molecule has 0 atom stereocenters. The van der Waals surface area contributed by atoms with E-state index >= 15 is 0 Å². The summed E-state index contributed by atoms with van der Waals surface area (Å²) in [6.45, 7) is 9.76. The number of hydrogen-bond donors (Lipinski definition) is 1. The van der Waals surface area contributed by atoms with Crippen molar-refractivity contribution >= 4 is 24.0 Å². The zero-order valence-electron chi connectivity index (χ0n) is 19.6. The van der Waals surface area contributed by atoms with Crippen LogP contribution in [0.15, 0.2) is 52.8 Å². The van der Waals surface area contributed by atoms with Gasteiger partial charge in [-0.3, -0.25) is 9.59 Å². The average molecular weight is 454 g/mol. The van der Waals surface area contributed by atoms with Gasteiger partial charge in [-0.1, -0.05) is 32.9 Å². The lowest BCUT2D eigenvalue weighted by molar-refractivity contribution is -0.128. The molecule has 3 rings (SSSR count). The van der Waals surface area contributed by atoms with Crippen molar-refractivity contribution in [3.63, 3.8) is 0 Å². The van der Waals surface area contributed by atoms with E-state index in [4.69, 9.17) is 9.15 Å². The Kier molecular flexibility index (Phi) is 7.58. The molecule has 2 heterocycles. The zero-order chi connectivity index (χ0) is 24.0. The standard InChI is InChI=1S/C25H31N3O5/c1-5-32-24(31)28-14-12-27(13-15-28)23(30)21(17-20-7-6-16-33-20)26-22(29)18-8-10-19(11-9-18)25(2,3)4/h6-11,16-17H,5,12-15H2,1-4H3,(H,26,29). The molecule has 2 aromatic rings. The Bertz CT molecular complexity index is 996.